The molecule has 1 saturated heterocycles. The van der Waals surface area contributed by atoms with Gasteiger partial charge in [-0.1, -0.05) is 20.8 Å². The zero-order valence-corrected chi connectivity index (χ0v) is 11.2. The predicted octanol–water partition coefficient (Wildman–Crippen LogP) is 1.77. The molecule has 0 N–H and O–H groups in total. The highest BCUT2D eigenvalue weighted by atomic mass is 16.5. The highest BCUT2D eigenvalue weighted by molar-refractivity contribution is 5.94. The van der Waals surface area contributed by atoms with Crippen molar-refractivity contribution in [2.75, 3.05) is 13.7 Å². The van der Waals surface area contributed by atoms with Gasteiger partial charge in [0.05, 0.1) is 12.5 Å². The van der Waals surface area contributed by atoms with Crippen molar-refractivity contribution in [2.24, 2.45) is 11.3 Å². The molecule has 1 heterocycles. The van der Waals surface area contributed by atoms with Gasteiger partial charge in [-0.15, -0.1) is 0 Å². The summed E-state index contributed by atoms with van der Waals surface area (Å²) in [5.41, 5.74) is -0.511. The third kappa shape index (κ3) is 3.13. The molecule has 0 saturated carbocycles. The van der Waals surface area contributed by atoms with E-state index in [0.717, 1.165) is 0 Å². The van der Waals surface area contributed by atoms with Crippen molar-refractivity contribution in [3.63, 3.8) is 0 Å². The van der Waals surface area contributed by atoms with Crippen LogP contribution in [0.25, 0.3) is 0 Å². The fourth-order valence-electron chi connectivity index (χ4n) is 2.04. The maximum absolute atomic E-state index is 12.4. The third-order valence-corrected chi connectivity index (χ3v) is 2.98. The van der Waals surface area contributed by atoms with Gasteiger partial charge in [-0.2, -0.15) is 0 Å². The largest absolute Gasteiger partial charge is 0.374 e. The Balaban J connectivity index is 3.00. The molecule has 17 heavy (non-hydrogen) atoms. The smallest absolute Gasteiger partial charge is 0.159 e. The van der Waals surface area contributed by atoms with Gasteiger partial charge in [-0.3, -0.25) is 9.59 Å². The molecule has 0 aromatic carbocycles. The number of carbonyl (C=O) groups is 2. The topological polar surface area (TPSA) is 52.6 Å². The van der Waals surface area contributed by atoms with Crippen LogP contribution in [0, 0.1) is 17.4 Å². The molecule has 0 bridgehead atoms. The van der Waals surface area contributed by atoms with E-state index in [4.69, 9.17) is 9.47 Å². The van der Waals surface area contributed by atoms with Crippen LogP contribution in [0.5, 0.6) is 0 Å². The molecule has 97 valence electrons. The predicted molar refractivity (Wildman–Crippen MR) is 63.2 cm³/mol. The Morgan fingerprint density at radius 3 is 2.35 bits per heavy atom. The van der Waals surface area contributed by atoms with Crippen molar-refractivity contribution in [2.45, 2.75) is 40.2 Å². The first-order valence-electron chi connectivity index (χ1n) is 5.85. The van der Waals surface area contributed by atoms with E-state index >= 15 is 0 Å². The van der Waals surface area contributed by atoms with Crippen LogP contribution < -0.4 is 0 Å². The SMILES string of the molecule is CO[C]1CCOC(C(C)=O)C1C(=O)C(C)(C)C. The number of ketones is 2. The van der Waals surface area contributed by atoms with Crippen molar-refractivity contribution in [1.29, 1.82) is 0 Å². The average molecular weight is 241 g/mol. The van der Waals surface area contributed by atoms with E-state index in [1.165, 1.54) is 6.92 Å². The summed E-state index contributed by atoms with van der Waals surface area (Å²) in [6, 6.07) is 0. The van der Waals surface area contributed by atoms with Gasteiger partial charge in [0.1, 0.15) is 18.0 Å². The molecule has 1 aliphatic heterocycles. The molecule has 1 rings (SSSR count). The van der Waals surface area contributed by atoms with E-state index in [2.05, 4.69) is 0 Å². The molecule has 0 amide bonds. The van der Waals surface area contributed by atoms with Gasteiger partial charge in [0, 0.05) is 18.9 Å². The Kier molecular flexibility index (Phi) is 4.44. The van der Waals surface area contributed by atoms with Crippen LogP contribution >= 0.6 is 0 Å². The summed E-state index contributed by atoms with van der Waals surface area (Å²) in [5.74, 6) is -0.692. The second-order valence-corrected chi connectivity index (χ2v) is 5.41. The fraction of sp³-hybridized carbons (Fsp3) is 0.769. The lowest BCUT2D eigenvalue weighted by atomic mass is 9.75. The Morgan fingerprint density at radius 2 is 1.94 bits per heavy atom. The molecule has 0 aliphatic carbocycles. The molecule has 4 heteroatoms. The minimum absolute atomic E-state index is 0.00532. The van der Waals surface area contributed by atoms with Crippen molar-refractivity contribution < 1.29 is 19.1 Å². The lowest BCUT2D eigenvalue weighted by Gasteiger charge is -2.37. The quantitative estimate of drug-likeness (QED) is 0.755. The molecule has 4 nitrogen and oxygen atoms in total. The zero-order valence-electron chi connectivity index (χ0n) is 11.2. The normalized spacial score (nSPS) is 26.9. The number of ether oxygens (including phenoxy) is 2. The number of hydrogen-bond acceptors (Lipinski definition) is 4. The lowest BCUT2D eigenvalue weighted by Crippen LogP contribution is -2.48. The van der Waals surface area contributed by atoms with Gasteiger partial charge in [0.2, 0.25) is 0 Å². The summed E-state index contributed by atoms with van der Waals surface area (Å²) in [4.78, 5) is 23.9. The van der Waals surface area contributed by atoms with Crippen LogP contribution in [-0.4, -0.2) is 31.4 Å². The van der Waals surface area contributed by atoms with E-state index in [1.807, 2.05) is 20.8 Å². The minimum Gasteiger partial charge on any atom is -0.374 e. The van der Waals surface area contributed by atoms with E-state index in [-0.39, 0.29) is 11.6 Å². The van der Waals surface area contributed by atoms with Crippen molar-refractivity contribution in [1.82, 2.24) is 0 Å². The summed E-state index contributed by atoms with van der Waals surface area (Å²) < 4.78 is 10.7. The molecule has 1 radical (unpaired) electrons. The van der Waals surface area contributed by atoms with Crippen molar-refractivity contribution >= 4 is 11.6 Å². The number of carbonyl (C=O) groups excluding carboxylic acids is 2. The molecule has 0 spiro atoms. The van der Waals surface area contributed by atoms with Crippen LogP contribution in [0.4, 0.5) is 0 Å². The van der Waals surface area contributed by atoms with Crippen molar-refractivity contribution in [3.05, 3.63) is 6.10 Å². The van der Waals surface area contributed by atoms with E-state index in [1.54, 1.807) is 7.11 Å². The van der Waals surface area contributed by atoms with Gasteiger partial charge in [-0.05, 0) is 6.92 Å². The standard InChI is InChI=1S/C13H21O4/c1-8(14)11-10(12(15)13(2,3)4)9(16-5)6-7-17-11/h10-11H,6-7H2,1-5H3. The first-order valence-corrected chi connectivity index (χ1v) is 5.85. The van der Waals surface area contributed by atoms with Crippen molar-refractivity contribution in [3.8, 4) is 0 Å². The number of hydrogen-bond donors (Lipinski definition) is 0. The van der Waals surface area contributed by atoms with Crippen LogP contribution in [0.2, 0.25) is 0 Å². The second-order valence-electron chi connectivity index (χ2n) is 5.41. The first kappa shape index (κ1) is 14.3. The highest BCUT2D eigenvalue weighted by Crippen LogP contribution is 2.35. The van der Waals surface area contributed by atoms with E-state index in [9.17, 15) is 9.59 Å². The minimum atomic E-state index is -0.689. The molecule has 2 atom stereocenters. The Hall–Kier alpha value is -0.740. The van der Waals surface area contributed by atoms with Gasteiger partial charge in [0.25, 0.3) is 0 Å². The molecule has 1 aliphatic rings. The van der Waals surface area contributed by atoms with Gasteiger partial charge in [-0.25, -0.2) is 0 Å². The van der Waals surface area contributed by atoms with E-state index in [0.29, 0.717) is 19.1 Å². The molecule has 2 unspecified atom stereocenters. The summed E-state index contributed by atoms with van der Waals surface area (Å²) in [7, 11) is 1.54. The fourth-order valence-corrected chi connectivity index (χ4v) is 2.04. The van der Waals surface area contributed by atoms with Crippen LogP contribution in [-0.2, 0) is 19.1 Å². The maximum Gasteiger partial charge on any atom is 0.159 e. The molecular formula is C13H21O4. The Morgan fingerprint density at radius 1 is 1.35 bits per heavy atom. The zero-order chi connectivity index (χ0) is 13.2. The molecular weight excluding hydrogens is 220 g/mol. The number of Topliss-reactive ketones (excluding diaryl/α,β-unsaturated/α-hetero) is 2. The Labute approximate surface area is 103 Å². The third-order valence-electron chi connectivity index (χ3n) is 2.98. The summed E-state index contributed by atoms with van der Waals surface area (Å²) in [6.07, 6.45) is 0.550. The second kappa shape index (κ2) is 5.27. The molecule has 0 aromatic heterocycles. The van der Waals surface area contributed by atoms with Gasteiger partial charge >= 0.3 is 0 Å². The van der Waals surface area contributed by atoms with Crippen LogP contribution in [0.15, 0.2) is 0 Å². The highest BCUT2D eigenvalue weighted by Gasteiger charge is 2.45. The van der Waals surface area contributed by atoms with E-state index < -0.39 is 17.4 Å². The van der Waals surface area contributed by atoms with Crippen LogP contribution in [0.3, 0.4) is 0 Å². The Bertz CT molecular complexity index is 303. The maximum atomic E-state index is 12.4. The monoisotopic (exact) mass is 241 g/mol. The average Bonchev–Trinajstić information content (AvgIpc) is 2.25. The number of rotatable bonds is 3. The lowest BCUT2D eigenvalue weighted by molar-refractivity contribution is -0.152. The number of methoxy groups -OCH3 is 1. The van der Waals surface area contributed by atoms with Crippen LogP contribution in [0.1, 0.15) is 34.1 Å². The summed E-state index contributed by atoms with van der Waals surface area (Å²) in [6.45, 7) is 7.41. The van der Waals surface area contributed by atoms with Gasteiger partial charge in [0.15, 0.2) is 5.78 Å². The first-order chi connectivity index (χ1) is 7.79. The molecule has 0 aromatic rings. The summed E-state index contributed by atoms with van der Waals surface area (Å²) in [5, 5.41) is 0. The summed E-state index contributed by atoms with van der Waals surface area (Å²) >= 11 is 0. The van der Waals surface area contributed by atoms with Gasteiger partial charge < -0.3 is 9.47 Å². The molecule has 1 fully saturated rings.